The van der Waals surface area contributed by atoms with Crippen LogP contribution in [0.25, 0.3) is 0 Å². The van der Waals surface area contributed by atoms with Crippen molar-refractivity contribution in [2.45, 2.75) is 18.4 Å². The van der Waals surface area contributed by atoms with Gasteiger partial charge in [0.2, 0.25) is 0 Å². The van der Waals surface area contributed by atoms with E-state index in [2.05, 4.69) is 21.2 Å². The molecule has 0 atom stereocenters. The van der Waals surface area contributed by atoms with Crippen LogP contribution >= 0.6 is 15.9 Å². The molecule has 1 saturated carbocycles. The minimum Gasteiger partial charge on any atom is -0.346 e. The number of non-ortho nitro benzene ring substituents is 1. The summed E-state index contributed by atoms with van der Waals surface area (Å²) in [5.41, 5.74) is 0.106. The van der Waals surface area contributed by atoms with E-state index in [1.165, 1.54) is 18.2 Å². The zero-order valence-electron chi connectivity index (χ0n) is 8.98. The highest BCUT2D eigenvalue weighted by atomic mass is 79.9. The number of benzene rings is 1. The van der Waals surface area contributed by atoms with Gasteiger partial charge in [0.15, 0.2) is 0 Å². The van der Waals surface area contributed by atoms with Gasteiger partial charge >= 0.3 is 0 Å². The fourth-order valence-electron chi connectivity index (χ4n) is 1.52. The van der Waals surface area contributed by atoms with Crippen LogP contribution in [0.4, 0.5) is 5.69 Å². The molecule has 0 radical (unpaired) electrons. The number of nitro groups is 1. The molecule has 0 heterocycles. The Morgan fingerprint density at radius 1 is 1.53 bits per heavy atom. The molecule has 1 aliphatic carbocycles. The van der Waals surface area contributed by atoms with E-state index in [0.717, 1.165) is 12.8 Å². The van der Waals surface area contributed by atoms with Gasteiger partial charge in [-0.05, 0) is 18.9 Å². The number of halogens is 1. The summed E-state index contributed by atoms with van der Waals surface area (Å²) < 4.78 is 0. The van der Waals surface area contributed by atoms with Crippen molar-refractivity contribution in [3.05, 3.63) is 39.9 Å². The Kier molecular flexibility index (Phi) is 3.15. The quantitative estimate of drug-likeness (QED) is 0.526. The molecule has 17 heavy (non-hydrogen) atoms. The third-order valence-corrected chi connectivity index (χ3v) is 3.88. The van der Waals surface area contributed by atoms with Crippen LogP contribution in [0.15, 0.2) is 24.3 Å². The number of nitrogens with zero attached hydrogens (tertiary/aromatic N) is 1. The summed E-state index contributed by atoms with van der Waals surface area (Å²) in [6.07, 6.45) is 1.89. The Balaban J connectivity index is 2.14. The molecule has 5 nitrogen and oxygen atoms in total. The van der Waals surface area contributed by atoms with Gasteiger partial charge in [-0.1, -0.05) is 22.0 Å². The third kappa shape index (κ3) is 2.63. The lowest BCUT2D eigenvalue weighted by Crippen LogP contribution is -2.38. The van der Waals surface area contributed by atoms with E-state index in [1.807, 2.05) is 0 Å². The SMILES string of the molecule is O=C(NC1(CBr)CC1)c1cccc([N+](=O)[O-])c1. The van der Waals surface area contributed by atoms with Gasteiger partial charge in [0.05, 0.1) is 10.5 Å². The van der Waals surface area contributed by atoms with Crippen molar-refractivity contribution in [3.8, 4) is 0 Å². The Hall–Kier alpha value is -1.43. The maximum atomic E-state index is 11.9. The number of rotatable bonds is 4. The molecule has 1 amide bonds. The fourth-order valence-corrected chi connectivity index (χ4v) is 2.22. The van der Waals surface area contributed by atoms with E-state index in [4.69, 9.17) is 0 Å². The van der Waals surface area contributed by atoms with Crippen molar-refractivity contribution in [3.63, 3.8) is 0 Å². The molecule has 90 valence electrons. The van der Waals surface area contributed by atoms with Gasteiger partial charge in [0.25, 0.3) is 11.6 Å². The van der Waals surface area contributed by atoms with Crippen LogP contribution in [-0.2, 0) is 0 Å². The lowest BCUT2D eigenvalue weighted by molar-refractivity contribution is -0.384. The van der Waals surface area contributed by atoms with E-state index in [1.54, 1.807) is 6.07 Å². The van der Waals surface area contributed by atoms with Gasteiger partial charge in [-0.15, -0.1) is 0 Å². The summed E-state index contributed by atoms with van der Waals surface area (Å²) in [7, 11) is 0. The molecule has 1 N–H and O–H groups in total. The molecular weight excluding hydrogens is 288 g/mol. The monoisotopic (exact) mass is 298 g/mol. The molecule has 0 bridgehead atoms. The normalized spacial score (nSPS) is 16.3. The van der Waals surface area contributed by atoms with Gasteiger partial charge in [0, 0.05) is 23.0 Å². The number of carbonyl (C=O) groups is 1. The standard InChI is InChI=1S/C11H11BrN2O3/c12-7-11(4-5-11)13-10(15)8-2-1-3-9(6-8)14(16)17/h1-3,6H,4-5,7H2,(H,13,15). The first-order valence-electron chi connectivity index (χ1n) is 5.19. The molecule has 0 spiro atoms. The van der Waals surface area contributed by atoms with E-state index in [-0.39, 0.29) is 17.1 Å². The van der Waals surface area contributed by atoms with Gasteiger partial charge in [-0.2, -0.15) is 0 Å². The number of hydrogen-bond acceptors (Lipinski definition) is 3. The lowest BCUT2D eigenvalue weighted by atomic mass is 10.1. The second-order valence-corrected chi connectivity index (χ2v) is 4.74. The second-order valence-electron chi connectivity index (χ2n) is 4.18. The molecule has 0 aromatic heterocycles. The third-order valence-electron chi connectivity index (χ3n) is 2.81. The molecular formula is C11H11BrN2O3. The van der Waals surface area contributed by atoms with E-state index in [9.17, 15) is 14.9 Å². The molecule has 1 aliphatic rings. The van der Waals surface area contributed by atoms with E-state index < -0.39 is 4.92 Å². The highest BCUT2D eigenvalue weighted by Crippen LogP contribution is 2.37. The van der Waals surface area contributed by atoms with Gasteiger partial charge in [-0.3, -0.25) is 14.9 Å². The number of nitro benzene ring substituents is 1. The van der Waals surface area contributed by atoms with E-state index in [0.29, 0.717) is 10.9 Å². The number of nitrogens with one attached hydrogen (secondary N) is 1. The van der Waals surface area contributed by atoms with Crippen molar-refractivity contribution in [2.75, 3.05) is 5.33 Å². The maximum Gasteiger partial charge on any atom is 0.270 e. The summed E-state index contributed by atoms with van der Waals surface area (Å²) in [5, 5.41) is 14.2. The topological polar surface area (TPSA) is 72.2 Å². The lowest BCUT2D eigenvalue weighted by Gasteiger charge is -2.13. The Morgan fingerprint density at radius 2 is 2.24 bits per heavy atom. The second kappa shape index (κ2) is 4.44. The van der Waals surface area contributed by atoms with Crippen LogP contribution in [0.2, 0.25) is 0 Å². The number of alkyl halides is 1. The van der Waals surface area contributed by atoms with Crippen LogP contribution in [0, 0.1) is 10.1 Å². The van der Waals surface area contributed by atoms with Gasteiger partial charge in [-0.25, -0.2) is 0 Å². The number of hydrogen-bond donors (Lipinski definition) is 1. The van der Waals surface area contributed by atoms with Crippen molar-refractivity contribution < 1.29 is 9.72 Å². The van der Waals surface area contributed by atoms with Crippen LogP contribution in [0.3, 0.4) is 0 Å². The Labute approximate surface area is 106 Å². The molecule has 1 aromatic rings. The molecule has 6 heteroatoms. The van der Waals surface area contributed by atoms with Crippen molar-refractivity contribution in [2.24, 2.45) is 0 Å². The average Bonchev–Trinajstić information content (AvgIpc) is 3.09. The zero-order valence-corrected chi connectivity index (χ0v) is 10.6. The van der Waals surface area contributed by atoms with Crippen molar-refractivity contribution in [1.29, 1.82) is 0 Å². The zero-order chi connectivity index (χ0) is 12.5. The molecule has 0 unspecified atom stereocenters. The fraction of sp³-hybridized carbons (Fsp3) is 0.364. The highest BCUT2D eigenvalue weighted by molar-refractivity contribution is 9.09. The van der Waals surface area contributed by atoms with Crippen LogP contribution < -0.4 is 5.32 Å². The average molecular weight is 299 g/mol. The minimum absolute atomic E-state index is 0.0682. The van der Waals surface area contributed by atoms with Crippen molar-refractivity contribution in [1.82, 2.24) is 5.32 Å². The first-order chi connectivity index (χ1) is 8.06. The summed E-state index contributed by atoms with van der Waals surface area (Å²) in [5.74, 6) is -0.259. The van der Waals surface area contributed by atoms with Crippen LogP contribution in [0.5, 0.6) is 0 Å². The summed E-state index contributed by atoms with van der Waals surface area (Å²) in [4.78, 5) is 22.0. The molecule has 1 aromatic carbocycles. The molecule has 0 aliphatic heterocycles. The minimum atomic E-state index is -0.506. The Morgan fingerprint density at radius 3 is 2.76 bits per heavy atom. The first kappa shape index (κ1) is 12.0. The Bertz CT molecular complexity index is 472. The molecule has 2 rings (SSSR count). The highest BCUT2D eigenvalue weighted by Gasteiger charge is 2.43. The number of carbonyl (C=O) groups excluding carboxylic acids is 1. The van der Waals surface area contributed by atoms with Crippen LogP contribution in [0.1, 0.15) is 23.2 Å². The van der Waals surface area contributed by atoms with E-state index >= 15 is 0 Å². The summed E-state index contributed by atoms with van der Waals surface area (Å²) >= 11 is 3.35. The van der Waals surface area contributed by atoms with Gasteiger partial charge in [0.1, 0.15) is 0 Å². The first-order valence-corrected chi connectivity index (χ1v) is 6.31. The number of amides is 1. The predicted molar refractivity (Wildman–Crippen MR) is 66.3 cm³/mol. The smallest absolute Gasteiger partial charge is 0.270 e. The predicted octanol–water partition coefficient (Wildman–Crippen LogP) is 2.25. The largest absolute Gasteiger partial charge is 0.346 e. The van der Waals surface area contributed by atoms with Gasteiger partial charge < -0.3 is 5.32 Å². The van der Waals surface area contributed by atoms with Crippen LogP contribution in [-0.4, -0.2) is 21.7 Å². The molecule has 1 fully saturated rings. The summed E-state index contributed by atoms with van der Waals surface area (Å²) in [6, 6.07) is 5.75. The maximum absolute atomic E-state index is 11.9. The summed E-state index contributed by atoms with van der Waals surface area (Å²) in [6.45, 7) is 0. The molecule has 0 saturated heterocycles. The van der Waals surface area contributed by atoms with Crippen molar-refractivity contribution >= 4 is 27.5 Å².